The molecule has 8 nitrogen and oxygen atoms in total. The van der Waals surface area contributed by atoms with Crippen molar-refractivity contribution in [1.29, 1.82) is 10.5 Å². The van der Waals surface area contributed by atoms with Gasteiger partial charge in [0.05, 0.1) is 52.9 Å². The minimum absolute atomic E-state index is 0.0793. The topological polar surface area (TPSA) is 112 Å². The number of halogens is 2. The number of fused-ring (bicyclic) bond motifs is 1. The number of hydrogen-bond donors (Lipinski definition) is 4. The fraction of sp³-hybridized carbons (Fsp3) is 0.242. The fourth-order valence-corrected chi connectivity index (χ4v) is 5.89. The molecule has 10 heteroatoms. The maximum atomic E-state index is 13.9. The van der Waals surface area contributed by atoms with Crippen LogP contribution in [-0.2, 0) is 0 Å². The highest BCUT2D eigenvalue weighted by molar-refractivity contribution is 6.35. The van der Waals surface area contributed by atoms with Gasteiger partial charge in [-0.05, 0) is 54.7 Å². The first-order valence-corrected chi connectivity index (χ1v) is 14.6. The van der Waals surface area contributed by atoms with Crippen molar-refractivity contribution in [3.63, 3.8) is 0 Å². The third-order valence-electron chi connectivity index (χ3n) is 8.14. The largest absolute Gasteiger partial charge is 0.376 e. The zero-order chi connectivity index (χ0) is 30.4. The highest BCUT2D eigenvalue weighted by Gasteiger charge is 2.44. The van der Waals surface area contributed by atoms with Gasteiger partial charge in [-0.1, -0.05) is 54.1 Å². The van der Waals surface area contributed by atoms with Gasteiger partial charge in [-0.2, -0.15) is 10.5 Å². The normalized spacial score (nSPS) is 21.4. The van der Waals surface area contributed by atoms with Crippen LogP contribution in [0.15, 0.2) is 84.8 Å². The van der Waals surface area contributed by atoms with Crippen LogP contribution in [0.2, 0.25) is 5.02 Å². The van der Waals surface area contributed by atoms with Crippen LogP contribution < -0.4 is 21.6 Å². The van der Waals surface area contributed by atoms with Gasteiger partial charge >= 0.3 is 0 Å². The highest BCUT2D eigenvalue weighted by atomic mass is 35.5. The molecule has 2 heterocycles. The predicted molar refractivity (Wildman–Crippen MR) is 163 cm³/mol. The standard InChI is InChI=1S/C33H28ClFN8/c34-28-14-24(39-32(20-6-8-23(35)9-7-20)29-18-43(42-41-29)25-10-11-25)13-27-31(22(16-37)17-38-33(27)28)40-30(26-12-21(26)15-36)19-4-2-1-3-5-19/h1-9,13-14,17-18,21,25-26,30,32,39,41-42H,10-12H2,(H,38,40)/t21-,26+,30-,32?/m0/s1/i32D. The lowest BCUT2D eigenvalue weighted by Gasteiger charge is -2.24. The molecule has 43 heavy (non-hydrogen) atoms. The van der Waals surface area contributed by atoms with E-state index in [-0.39, 0.29) is 17.9 Å². The molecule has 2 aliphatic carbocycles. The van der Waals surface area contributed by atoms with Crippen LogP contribution in [0.4, 0.5) is 15.8 Å². The Hall–Kier alpha value is -4.83. The van der Waals surface area contributed by atoms with Gasteiger partial charge in [0.2, 0.25) is 0 Å². The van der Waals surface area contributed by atoms with E-state index in [2.05, 4.69) is 38.7 Å². The molecule has 2 saturated carbocycles. The molecule has 4 N–H and O–H groups in total. The Morgan fingerprint density at radius 3 is 2.56 bits per heavy atom. The molecular formula is C33H28ClFN8. The molecule has 3 aliphatic rings. The summed E-state index contributed by atoms with van der Waals surface area (Å²) in [7, 11) is 0. The van der Waals surface area contributed by atoms with Crippen molar-refractivity contribution in [1.82, 2.24) is 21.0 Å². The number of nitriles is 2. The van der Waals surface area contributed by atoms with E-state index < -0.39 is 11.8 Å². The summed E-state index contributed by atoms with van der Waals surface area (Å²) in [6, 6.07) is 22.4. The molecule has 4 aromatic rings. The van der Waals surface area contributed by atoms with Crippen LogP contribution in [0.3, 0.4) is 0 Å². The van der Waals surface area contributed by atoms with Crippen LogP contribution in [0.1, 0.15) is 49.4 Å². The third kappa shape index (κ3) is 5.41. The first-order chi connectivity index (χ1) is 21.4. The molecule has 0 amide bonds. The van der Waals surface area contributed by atoms with E-state index in [1.165, 1.54) is 18.3 Å². The Kier molecular flexibility index (Phi) is 6.68. The number of aromatic nitrogens is 1. The summed E-state index contributed by atoms with van der Waals surface area (Å²) in [6.07, 6.45) is 6.22. The SMILES string of the molecule is [2H]C(Nc1cc(Cl)c2ncc(C#N)c(N[C@@H](c3ccccc3)[C@@H]3C[C@H]3C#N)c2c1)(C1=CN(C2CC2)NN1)c1ccc(F)cc1. The molecule has 0 spiro atoms. The Balaban J connectivity index is 1.32. The minimum Gasteiger partial charge on any atom is -0.376 e. The van der Waals surface area contributed by atoms with Gasteiger partial charge in [0.1, 0.15) is 11.9 Å². The molecule has 0 bridgehead atoms. The van der Waals surface area contributed by atoms with E-state index in [1.54, 1.807) is 18.2 Å². The molecule has 3 aromatic carbocycles. The number of benzene rings is 3. The van der Waals surface area contributed by atoms with Crippen molar-refractivity contribution < 1.29 is 5.76 Å². The molecule has 1 unspecified atom stereocenters. The maximum absolute atomic E-state index is 13.9. The third-order valence-corrected chi connectivity index (χ3v) is 8.43. The quantitative estimate of drug-likeness (QED) is 0.170. The summed E-state index contributed by atoms with van der Waals surface area (Å²) in [5.74, 6) is -0.401. The molecule has 0 radical (unpaired) electrons. The second-order valence-electron chi connectivity index (χ2n) is 11.1. The van der Waals surface area contributed by atoms with Crippen LogP contribution in [0, 0.1) is 40.3 Å². The molecule has 1 aliphatic heterocycles. The number of nitrogens with zero attached hydrogens (tertiary/aromatic N) is 4. The first-order valence-electron chi connectivity index (χ1n) is 14.7. The minimum atomic E-state index is -1.56. The van der Waals surface area contributed by atoms with Crippen LogP contribution in [0.5, 0.6) is 0 Å². The number of hydrogen-bond acceptors (Lipinski definition) is 8. The molecule has 0 saturated heterocycles. The van der Waals surface area contributed by atoms with E-state index >= 15 is 0 Å². The smallest absolute Gasteiger partial charge is 0.123 e. The molecule has 7 rings (SSSR count). The summed E-state index contributed by atoms with van der Waals surface area (Å²) in [4.78, 5) is 4.50. The summed E-state index contributed by atoms with van der Waals surface area (Å²) in [6.45, 7) is 0. The lowest BCUT2D eigenvalue weighted by atomic mass is 9.99. The lowest BCUT2D eigenvalue weighted by Crippen LogP contribution is -2.38. The second kappa shape index (κ2) is 11.1. The predicted octanol–water partition coefficient (Wildman–Crippen LogP) is 6.69. The van der Waals surface area contributed by atoms with E-state index in [1.807, 2.05) is 47.6 Å². The van der Waals surface area contributed by atoms with Gasteiger partial charge in [0.25, 0.3) is 0 Å². The molecule has 4 atom stereocenters. The highest BCUT2D eigenvalue weighted by Crippen LogP contribution is 2.49. The van der Waals surface area contributed by atoms with Gasteiger partial charge in [-0.25, -0.2) is 4.39 Å². The van der Waals surface area contributed by atoms with Crippen molar-refractivity contribution in [2.45, 2.75) is 37.4 Å². The van der Waals surface area contributed by atoms with Gasteiger partial charge in [0.15, 0.2) is 0 Å². The monoisotopic (exact) mass is 591 g/mol. The van der Waals surface area contributed by atoms with Crippen molar-refractivity contribution in [3.05, 3.63) is 112 Å². The molecule has 214 valence electrons. The van der Waals surface area contributed by atoms with Crippen LogP contribution >= 0.6 is 11.6 Å². The van der Waals surface area contributed by atoms with Gasteiger partial charge < -0.3 is 16.1 Å². The molecule has 2 fully saturated rings. The van der Waals surface area contributed by atoms with Gasteiger partial charge in [0, 0.05) is 35.4 Å². The Morgan fingerprint density at radius 1 is 1.07 bits per heavy atom. The number of pyridine rings is 1. The second-order valence-corrected chi connectivity index (χ2v) is 11.5. The maximum Gasteiger partial charge on any atom is 0.123 e. The number of anilines is 2. The molecule has 1 aromatic heterocycles. The Labute approximate surface area is 255 Å². The lowest BCUT2D eigenvalue weighted by molar-refractivity contribution is 0.260. The summed E-state index contributed by atoms with van der Waals surface area (Å²) in [5, 5.41) is 29.5. The van der Waals surface area contributed by atoms with Crippen molar-refractivity contribution in [2.24, 2.45) is 11.8 Å². The summed E-state index contributed by atoms with van der Waals surface area (Å²) < 4.78 is 23.6. The van der Waals surface area contributed by atoms with Crippen LogP contribution in [-0.4, -0.2) is 16.0 Å². The summed E-state index contributed by atoms with van der Waals surface area (Å²) in [5.41, 5.74) is 10.2. The average molecular weight is 592 g/mol. The summed E-state index contributed by atoms with van der Waals surface area (Å²) >= 11 is 6.81. The first kappa shape index (κ1) is 25.8. The van der Waals surface area contributed by atoms with Crippen molar-refractivity contribution >= 4 is 33.9 Å². The van der Waals surface area contributed by atoms with Gasteiger partial charge in [-0.3, -0.25) is 9.99 Å². The van der Waals surface area contributed by atoms with Crippen molar-refractivity contribution in [2.75, 3.05) is 10.6 Å². The Morgan fingerprint density at radius 2 is 1.86 bits per heavy atom. The van der Waals surface area contributed by atoms with E-state index in [9.17, 15) is 16.3 Å². The molecular weight excluding hydrogens is 563 g/mol. The number of hydrazine groups is 2. The average Bonchev–Trinajstić information content (AvgIpc) is 3.98. The zero-order valence-electron chi connectivity index (χ0n) is 24.0. The zero-order valence-corrected chi connectivity index (χ0v) is 23.7. The number of rotatable bonds is 9. The Bertz CT molecular complexity index is 1850. The van der Waals surface area contributed by atoms with E-state index in [4.69, 9.17) is 11.6 Å². The van der Waals surface area contributed by atoms with E-state index in [0.29, 0.717) is 50.2 Å². The number of nitrogens with one attached hydrogen (secondary N) is 4. The van der Waals surface area contributed by atoms with E-state index in [0.717, 1.165) is 24.8 Å². The van der Waals surface area contributed by atoms with Gasteiger partial charge in [-0.15, -0.1) is 5.53 Å². The van der Waals surface area contributed by atoms with Crippen LogP contribution in [0.25, 0.3) is 10.9 Å². The fourth-order valence-electron chi connectivity index (χ4n) is 5.62. The van der Waals surface area contributed by atoms with Crippen molar-refractivity contribution in [3.8, 4) is 12.1 Å².